The van der Waals surface area contributed by atoms with Gasteiger partial charge in [-0.15, -0.1) is 0 Å². The normalized spacial score (nSPS) is 18.4. The van der Waals surface area contributed by atoms with E-state index in [1.807, 2.05) is 0 Å². The third-order valence-corrected chi connectivity index (χ3v) is 3.80. The van der Waals surface area contributed by atoms with Crippen LogP contribution in [0.5, 0.6) is 0 Å². The number of nitrogens with one attached hydrogen (secondary N) is 3. The lowest BCUT2D eigenvalue weighted by molar-refractivity contribution is -0.131. The first-order valence-corrected chi connectivity index (χ1v) is 7.84. The summed E-state index contributed by atoms with van der Waals surface area (Å²) >= 11 is 0. The van der Waals surface area contributed by atoms with Crippen molar-refractivity contribution in [3.05, 3.63) is 0 Å². The zero-order valence-corrected chi connectivity index (χ0v) is 13.2. The maximum absolute atomic E-state index is 12.0. The van der Waals surface area contributed by atoms with Crippen LogP contribution in [0, 0.1) is 0 Å². The lowest BCUT2D eigenvalue weighted by Crippen LogP contribution is -2.53. The first-order valence-electron chi connectivity index (χ1n) is 7.84. The van der Waals surface area contributed by atoms with Gasteiger partial charge in [-0.25, -0.2) is 0 Å². The Hall–Kier alpha value is -1.59. The van der Waals surface area contributed by atoms with Crippen molar-refractivity contribution in [1.82, 2.24) is 16.0 Å². The number of carbonyl (C=O) groups is 3. The lowest BCUT2D eigenvalue weighted by Gasteiger charge is -2.25. The second-order valence-corrected chi connectivity index (χ2v) is 5.72. The molecule has 0 aromatic heterocycles. The van der Waals surface area contributed by atoms with Gasteiger partial charge in [0, 0.05) is 12.5 Å². The smallest absolute Gasteiger partial charge is 0.242 e. The van der Waals surface area contributed by atoms with Gasteiger partial charge in [0.15, 0.2) is 0 Å². The molecule has 0 aliphatic heterocycles. The van der Waals surface area contributed by atoms with E-state index in [1.165, 1.54) is 6.42 Å². The molecular weight excluding hydrogens is 270 g/mol. The standard InChI is InChI=1S/C15H27N3O3/c1-4-13(19)16-10(2)14(20)17-11(3)15(21)18-12-8-6-5-7-9-12/h10-12H,4-9H2,1-3H3,(H,16,19)(H,17,20)(H,18,21)/t10-,11-/m0/s1. The molecule has 3 N–H and O–H groups in total. The maximum Gasteiger partial charge on any atom is 0.242 e. The summed E-state index contributed by atoms with van der Waals surface area (Å²) in [4.78, 5) is 35.2. The van der Waals surface area contributed by atoms with Crippen molar-refractivity contribution in [2.75, 3.05) is 0 Å². The molecule has 0 saturated heterocycles. The summed E-state index contributed by atoms with van der Waals surface area (Å²) in [6, 6.07) is -1.01. The van der Waals surface area contributed by atoms with Crippen LogP contribution in [0.15, 0.2) is 0 Å². The summed E-state index contributed by atoms with van der Waals surface area (Å²) in [6.45, 7) is 4.99. The van der Waals surface area contributed by atoms with Crippen molar-refractivity contribution in [3.63, 3.8) is 0 Å². The third-order valence-electron chi connectivity index (χ3n) is 3.80. The van der Waals surface area contributed by atoms with Crippen LogP contribution in [0.1, 0.15) is 59.3 Å². The highest BCUT2D eigenvalue weighted by atomic mass is 16.2. The molecule has 6 heteroatoms. The van der Waals surface area contributed by atoms with Crippen LogP contribution >= 0.6 is 0 Å². The molecule has 0 aromatic rings. The maximum atomic E-state index is 12.0. The zero-order valence-electron chi connectivity index (χ0n) is 13.2. The number of amides is 3. The minimum absolute atomic E-state index is 0.163. The van der Waals surface area contributed by atoms with Crippen LogP contribution in [0.25, 0.3) is 0 Å². The molecule has 1 fully saturated rings. The Morgan fingerprint density at radius 1 is 0.952 bits per heavy atom. The van der Waals surface area contributed by atoms with Crippen molar-refractivity contribution in [2.45, 2.75) is 77.4 Å². The molecule has 21 heavy (non-hydrogen) atoms. The molecule has 0 radical (unpaired) electrons. The Kier molecular flexibility index (Phi) is 7.19. The Bertz CT molecular complexity index is 378. The van der Waals surface area contributed by atoms with Gasteiger partial charge in [0.1, 0.15) is 12.1 Å². The molecule has 120 valence electrons. The molecule has 1 aliphatic carbocycles. The highest BCUT2D eigenvalue weighted by Crippen LogP contribution is 2.17. The van der Waals surface area contributed by atoms with Crippen molar-refractivity contribution in [3.8, 4) is 0 Å². The average Bonchev–Trinajstić information content (AvgIpc) is 2.47. The molecule has 0 unspecified atom stereocenters. The predicted octanol–water partition coefficient (Wildman–Crippen LogP) is 0.855. The number of rotatable bonds is 6. The van der Waals surface area contributed by atoms with E-state index in [-0.39, 0.29) is 23.8 Å². The zero-order chi connectivity index (χ0) is 15.8. The fourth-order valence-corrected chi connectivity index (χ4v) is 2.39. The fourth-order valence-electron chi connectivity index (χ4n) is 2.39. The van der Waals surface area contributed by atoms with Crippen molar-refractivity contribution in [1.29, 1.82) is 0 Å². The highest BCUT2D eigenvalue weighted by Gasteiger charge is 2.23. The van der Waals surface area contributed by atoms with Crippen LogP contribution < -0.4 is 16.0 Å². The van der Waals surface area contributed by atoms with Gasteiger partial charge in [0.05, 0.1) is 0 Å². The molecule has 0 heterocycles. The second-order valence-electron chi connectivity index (χ2n) is 5.72. The number of hydrogen-bond acceptors (Lipinski definition) is 3. The van der Waals surface area contributed by atoms with E-state index in [1.54, 1.807) is 20.8 Å². The van der Waals surface area contributed by atoms with Gasteiger partial charge in [-0.05, 0) is 26.7 Å². The molecule has 1 rings (SSSR count). The highest BCUT2D eigenvalue weighted by molar-refractivity contribution is 5.91. The summed E-state index contributed by atoms with van der Waals surface area (Å²) in [6.07, 6.45) is 5.87. The summed E-state index contributed by atoms with van der Waals surface area (Å²) in [5, 5.41) is 8.18. The van der Waals surface area contributed by atoms with Gasteiger partial charge >= 0.3 is 0 Å². The van der Waals surface area contributed by atoms with Crippen LogP contribution in [0.4, 0.5) is 0 Å². The van der Waals surface area contributed by atoms with Gasteiger partial charge < -0.3 is 16.0 Å². The summed E-state index contributed by atoms with van der Waals surface area (Å²) in [5.41, 5.74) is 0. The molecular formula is C15H27N3O3. The van der Waals surface area contributed by atoms with E-state index in [0.717, 1.165) is 25.7 Å². The summed E-state index contributed by atoms with van der Waals surface area (Å²) in [7, 11) is 0. The summed E-state index contributed by atoms with van der Waals surface area (Å²) in [5.74, 6) is -0.690. The Morgan fingerprint density at radius 3 is 2.10 bits per heavy atom. The van der Waals surface area contributed by atoms with Gasteiger partial charge in [0.2, 0.25) is 17.7 Å². The van der Waals surface area contributed by atoms with Crippen molar-refractivity contribution in [2.24, 2.45) is 0 Å². The predicted molar refractivity (Wildman–Crippen MR) is 80.5 cm³/mol. The van der Waals surface area contributed by atoms with Gasteiger partial charge in [-0.1, -0.05) is 26.2 Å². The summed E-state index contributed by atoms with van der Waals surface area (Å²) < 4.78 is 0. The Morgan fingerprint density at radius 2 is 1.52 bits per heavy atom. The second kappa shape index (κ2) is 8.64. The fraction of sp³-hybridized carbons (Fsp3) is 0.800. The molecule has 1 aliphatic rings. The monoisotopic (exact) mass is 297 g/mol. The molecule has 0 bridgehead atoms. The lowest BCUT2D eigenvalue weighted by atomic mass is 9.95. The van der Waals surface area contributed by atoms with Crippen molar-refractivity contribution < 1.29 is 14.4 Å². The van der Waals surface area contributed by atoms with E-state index < -0.39 is 12.1 Å². The van der Waals surface area contributed by atoms with Gasteiger partial charge in [0.25, 0.3) is 0 Å². The largest absolute Gasteiger partial charge is 0.352 e. The van der Waals surface area contributed by atoms with E-state index in [9.17, 15) is 14.4 Å². The number of hydrogen-bond donors (Lipinski definition) is 3. The SMILES string of the molecule is CCC(=O)N[C@@H](C)C(=O)N[C@@H](C)C(=O)NC1CCCCC1. The van der Waals surface area contributed by atoms with Gasteiger partial charge in [-0.2, -0.15) is 0 Å². The Balaban J connectivity index is 2.36. The van der Waals surface area contributed by atoms with Crippen LogP contribution in [-0.4, -0.2) is 35.8 Å². The van der Waals surface area contributed by atoms with E-state index >= 15 is 0 Å². The number of carbonyl (C=O) groups excluding carboxylic acids is 3. The first-order chi connectivity index (χ1) is 9.93. The third kappa shape index (κ3) is 6.14. The molecule has 2 atom stereocenters. The molecule has 1 saturated carbocycles. The average molecular weight is 297 g/mol. The van der Waals surface area contributed by atoms with Gasteiger partial charge in [-0.3, -0.25) is 14.4 Å². The first kappa shape index (κ1) is 17.5. The molecule has 0 spiro atoms. The minimum atomic E-state index is -0.637. The molecule has 6 nitrogen and oxygen atoms in total. The molecule has 3 amide bonds. The quantitative estimate of drug-likeness (QED) is 0.679. The van der Waals surface area contributed by atoms with E-state index in [4.69, 9.17) is 0 Å². The Labute approximate surface area is 126 Å². The van der Waals surface area contributed by atoms with Crippen LogP contribution in [-0.2, 0) is 14.4 Å². The topological polar surface area (TPSA) is 87.3 Å². The van der Waals surface area contributed by atoms with Crippen LogP contribution in [0.2, 0.25) is 0 Å². The molecule has 0 aromatic carbocycles. The minimum Gasteiger partial charge on any atom is -0.352 e. The van der Waals surface area contributed by atoms with Crippen LogP contribution in [0.3, 0.4) is 0 Å². The van der Waals surface area contributed by atoms with E-state index in [2.05, 4.69) is 16.0 Å². The van der Waals surface area contributed by atoms with E-state index in [0.29, 0.717) is 6.42 Å². The van der Waals surface area contributed by atoms with Crippen molar-refractivity contribution >= 4 is 17.7 Å².